The third-order valence-electron chi connectivity index (χ3n) is 3.91. The Kier molecular flexibility index (Phi) is 8.43. The Morgan fingerprint density at radius 3 is 2.45 bits per heavy atom. The number of benzene rings is 2. The Morgan fingerprint density at radius 1 is 1.10 bits per heavy atom. The smallest absolute Gasteiger partial charge is 0.416 e. The molecule has 0 radical (unpaired) electrons. The number of nitrogens with one attached hydrogen (secondary N) is 2. The van der Waals surface area contributed by atoms with Gasteiger partial charge in [-0.15, -0.1) is 0 Å². The van der Waals surface area contributed by atoms with Crippen LogP contribution in [0.5, 0.6) is 11.5 Å². The fourth-order valence-electron chi connectivity index (χ4n) is 2.47. The predicted molar refractivity (Wildman–Crippen MR) is 112 cm³/mol. The highest BCUT2D eigenvalue weighted by Gasteiger charge is 2.30. The number of amides is 2. The number of nitrogens with zero attached hydrogens (tertiary/aromatic N) is 1. The van der Waals surface area contributed by atoms with E-state index in [1.54, 1.807) is 12.1 Å². The van der Waals surface area contributed by atoms with E-state index in [1.807, 2.05) is 0 Å². The molecule has 2 rings (SSSR count). The molecular formula is C20H19BrF3N3O4. The first-order valence-corrected chi connectivity index (χ1v) is 9.64. The molecule has 2 aromatic rings. The van der Waals surface area contributed by atoms with E-state index in [1.165, 1.54) is 32.6 Å². The number of halogens is 4. The number of rotatable bonds is 8. The van der Waals surface area contributed by atoms with Crippen molar-refractivity contribution in [2.45, 2.75) is 19.0 Å². The van der Waals surface area contributed by atoms with Crippen LogP contribution in [-0.4, -0.2) is 32.2 Å². The van der Waals surface area contributed by atoms with E-state index in [0.29, 0.717) is 21.5 Å². The third-order valence-corrected chi connectivity index (χ3v) is 4.50. The van der Waals surface area contributed by atoms with Crippen molar-refractivity contribution in [2.75, 3.05) is 19.5 Å². The predicted octanol–water partition coefficient (Wildman–Crippen LogP) is 4.35. The first kappa shape index (κ1) is 24.2. The van der Waals surface area contributed by atoms with Crippen molar-refractivity contribution in [3.8, 4) is 11.5 Å². The molecule has 2 N–H and O–H groups in total. The molecule has 0 aliphatic rings. The molecule has 0 aliphatic heterocycles. The number of hydrazone groups is 1. The van der Waals surface area contributed by atoms with Gasteiger partial charge in [0, 0.05) is 18.5 Å². The van der Waals surface area contributed by atoms with Gasteiger partial charge < -0.3 is 14.8 Å². The summed E-state index contributed by atoms with van der Waals surface area (Å²) in [6.07, 6.45) is -3.55. The highest BCUT2D eigenvalue weighted by atomic mass is 79.9. The number of carbonyl (C=O) groups is 2. The van der Waals surface area contributed by atoms with Gasteiger partial charge in [0.05, 0.1) is 30.5 Å². The first-order chi connectivity index (χ1) is 14.6. The van der Waals surface area contributed by atoms with Crippen molar-refractivity contribution in [3.63, 3.8) is 0 Å². The lowest BCUT2D eigenvalue weighted by Crippen LogP contribution is -2.20. The lowest BCUT2D eigenvalue weighted by atomic mass is 10.2. The van der Waals surface area contributed by atoms with Gasteiger partial charge in [-0.2, -0.15) is 18.3 Å². The number of hydrogen-bond acceptors (Lipinski definition) is 5. The zero-order valence-electron chi connectivity index (χ0n) is 16.5. The van der Waals surface area contributed by atoms with Crippen molar-refractivity contribution in [3.05, 3.63) is 52.0 Å². The fourth-order valence-corrected chi connectivity index (χ4v) is 3.09. The SMILES string of the molecule is COc1cc(C=NNC(=O)CCC(=O)Nc2cccc(C(F)(F)F)c2)cc(Br)c1OC. The summed E-state index contributed by atoms with van der Waals surface area (Å²) < 4.78 is 49.2. The van der Waals surface area contributed by atoms with E-state index < -0.39 is 23.6 Å². The Labute approximate surface area is 184 Å². The van der Waals surface area contributed by atoms with Gasteiger partial charge in [-0.1, -0.05) is 6.07 Å². The van der Waals surface area contributed by atoms with Crippen molar-refractivity contribution < 1.29 is 32.2 Å². The van der Waals surface area contributed by atoms with Crippen LogP contribution in [0, 0.1) is 0 Å². The summed E-state index contributed by atoms with van der Waals surface area (Å²) in [5, 5.41) is 6.15. The Balaban J connectivity index is 1.86. The monoisotopic (exact) mass is 501 g/mol. The summed E-state index contributed by atoms with van der Waals surface area (Å²) >= 11 is 3.34. The molecule has 2 amide bonds. The van der Waals surface area contributed by atoms with Crippen LogP contribution in [0.1, 0.15) is 24.0 Å². The zero-order chi connectivity index (χ0) is 23.0. The number of carbonyl (C=O) groups excluding carboxylic acids is 2. The van der Waals surface area contributed by atoms with Crippen molar-refractivity contribution >= 4 is 39.6 Å². The number of ether oxygens (including phenoxy) is 2. The lowest BCUT2D eigenvalue weighted by molar-refractivity contribution is -0.137. The second-order valence-electron chi connectivity index (χ2n) is 6.16. The molecule has 0 bridgehead atoms. The van der Waals surface area contributed by atoms with Gasteiger partial charge in [0.25, 0.3) is 0 Å². The van der Waals surface area contributed by atoms with E-state index in [-0.39, 0.29) is 18.5 Å². The summed E-state index contributed by atoms with van der Waals surface area (Å²) in [7, 11) is 2.98. The largest absolute Gasteiger partial charge is 0.493 e. The maximum atomic E-state index is 12.7. The minimum Gasteiger partial charge on any atom is -0.493 e. The maximum absolute atomic E-state index is 12.7. The van der Waals surface area contributed by atoms with Crippen LogP contribution in [0.4, 0.5) is 18.9 Å². The lowest BCUT2D eigenvalue weighted by Gasteiger charge is -2.10. The highest BCUT2D eigenvalue weighted by Crippen LogP contribution is 2.35. The second kappa shape index (κ2) is 10.8. The second-order valence-corrected chi connectivity index (χ2v) is 7.01. The molecule has 0 heterocycles. The van der Waals surface area contributed by atoms with Gasteiger partial charge in [-0.25, -0.2) is 5.43 Å². The van der Waals surface area contributed by atoms with E-state index >= 15 is 0 Å². The van der Waals surface area contributed by atoms with Gasteiger partial charge in [-0.3, -0.25) is 9.59 Å². The molecule has 0 spiro atoms. The van der Waals surface area contributed by atoms with Gasteiger partial charge in [0.15, 0.2) is 11.5 Å². The van der Waals surface area contributed by atoms with Crippen LogP contribution in [0.2, 0.25) is 0 Å². The summed E-state index contributed by atoms with van der Waals surface area (Å²) in [5.41, 5.74) is 2.02. The van der Waals surface area contributed by atoms with Crippen LogP contribution < -0.4 is 20.2 Å². The summed E-state index contributed by atoms with van der Waals surface area (Å²) in [4.78, 5) is 23.8. The standard InChI is InChI=1S/C20H19BrF3N3O4/c1-30-16-9-12(8-15(21)19(16)31-2)11-25-27-18(29)7-6-17(28)26-14-5-3-4-13(10-14)20(22,23)24/h3-5,8-11H,6-7H2,1-2H3,(H,26,28)(H,27,29). The molecule has 0 saturated heterocycles. The van der Waals surface area contributed by atoms with Crippen LogP contribution in [0.25, 0.3) is 0 Å². The van der Waals surface area contributed by atoms with Crippen molar-refractivity contribution in [1.82, 2.24) is 5.43 Å². The molecule has 11 heteroatoms. The Bertz CT molecular complexity index is 981. The quantitative estimate of drug-likeness (QED) is 0.415. The van der Waals surface area contributed by atoms with Crippen molar-refractivity contribution in [2.24, 2.45) is 5.10 Å². The molecule has 0 fully saturated rings. The maximum Gasteiger partial charge on any atom is 0.416 e. The van der Waals surface area contributed by atoms with E-state index in [9.17, 15) is 22.8 Å². The topological polar surface area (TPSA) is 89.0 Å². The zero-order valence-corrected chi connectivity index (χ0v) is 18.1. The van der Waals surface area contributed by atoms with Crippen LogP contribution >= 0.6 is 15.9 Å². The highest BCUT2D eigenvalue weighted by molar-refractivity contribution is 9.10. The van der Waals surface area contributed by atoms with Crippen molar-refractivity contribution in [1.29, 1.82) is 0 Å². The number of anilines is 1. The van der Waals surface area contributed by atoms with Gasteiger partial charge in [0.2, 0.25) is 11.8 Å². The number of hydrogen-bond donors (Lipinski definition) is 2. The number of alkyl halides is 3. The summed E-state index contributed by atoms with van der Waals surface area (Å²) in [6.45, 7) is 0. The molecule has 0 unspecified atom stereocenters. The molecule has 0 aromatic heterocycles. The molecule has 2 aromatic carbocycles. The molecule has 31 heavy (non-hydrogen) atoms. The van der Waals surface area contributed by atoms with Crippen LogP contribution in [0.15, 0.2) is 46.0 Å². The van der Waals surface area contributed by atoms with E-state index in [0.717, 1.165) is 12.1 Å². The Morgan fingerprint density at radius 2 is 1.81 bits per heavy atom. The molecular weight excluding hydrogens is 483 g/mol. The minimum absolute atomic E-state index is 0.00251. The van der Waals surface area contributed by atoms with Crippen LogP contribution in [0.3, 0.4) is 0 Å². The molecule has 0 atom stereocenters. The summed E-state index contributed by atoms with van der Waals surface area (Å²) in [6, 6.07) is 7.61. The van der Waals surface area contributed by atoms with Crippen LogP contribution in [-0.2, 0) is 15.8 Å². The molecule has 0 aliphatic carbocycles. The van der Waals surface area contributed by atoms with Gasteiger partial charge >= 0.3 is 6.18 Å². The number of methoxy groups -OCH3 is 2. The summed E-state index contributed by atoms with van der Waals surface area (Å²) in [5.74, 6) is -0.149. The van der Waals surface area contributed by atoms with E-state index in [4.69, 9.17) is 9.47 Å². The molecule has 166 valence electrons. The normalized spacial score (nSPS) is 11.3. The average molecular weight is 502 g/mol. The fraction of sp³-hybridized carbons (Fsp3) is 0.250. The molecule has 7 nitrogen and oxygen atoms in total. The third kappa shape index (κ3) is 7.28. The minimum atomic E-state index is -4.51. The van der Waals surface area contributed by atoms with Gasteiger partial charge in [-0.05, 0) is 51.8 Å². The molecule has 0 saturated carbocycles. The Hall–Kier alpha value is -3.08. The van der Waals surface area contributed by atoms with Gasteiger partial charge in [0.1, 0.15) is 0 Å². The van der Waals surface area contributed by atoms with E-state index in [2.05, 4.69) is 31.8 Å². The average Bonchev–Trinajstić information content (AvgIpc) is 2.71. The first-order valence-electron chi connectivity index (χ1n) is 8.84.